The Morgan fingerprint density at radius 2 is 2.12 bits per heavy atom. The minimum absolute atomic E-state index is 0.0171. The van der Waals surface area contributed by atoms with E-state index in [0.717, 1.165) is 17.3 Å². The van der Waals surface area contributed by atoms with Gasteiger partial charge in [0.25, 0.3) is 0 Å². The average molecular weight is 299 g/mol. The summed E-state index contributed by atoms with van der Waals surface area (Å²) in [4.78, 5) is 12.0. The largest absolute Gasteiger partial charge is 0.390 e. The Balaban J connectivity index is 1.98. The van der Waals surface area contributed by atoms with Crippen molar-refractivity contribution in [3.05, 3.63) is 34.3 Å². The van der Waals surface area contributed by atoms with E-state index >= 15 is 0 Å². The van der Waals surface area contributed by atoms with Crippen LogP contribution in [0.1, 0.15) is 29.6 Å². The van der Waals surface area contributed by atoms with Crippen molar-refractivity contribution >= 4 is 21.7 Å². The summed E-state index contributed by atoms with van der Waals surface area (Å²) < 4.78 is 6.37. The smallest absolute Gasteiger partial charge is 0.165 e. The van der Waals surface area contributed by atoms with Crippen LogP contribution in [0.4, 0.5) is 0 Å². The molecule has 1 aromatic carbocycles. The first-order valence-electron chi connectivity index (χ1n) is 5.75. The molecule has 1 aliphatic rings. The number of rotatable bonds is 3. The zero-order valence-electron chi connectivity index (χ0n) is 9.43. The fraction of sp³-hybridized carbons (Fsp3) is 0.462. The molecule has 0 amide bonds. The number of hydrogen-bond donors (Lipinski definition) is 1. The highest BCUT2D eigenvalue weighted by molar-refractivity contribution is 9.10. The number of aliphatic hydroxyl groups excluding tert-OH is 1. The first kappa shape index (κ1) is 12.7. The number of hydrogen-bond acceptors (Lipinski definition) is 3. The van der Waals surface area contributed by atoms with E-state index in [-0.39, 0.29) is 18.3 Å². The molecule has 0 saturated carbocycles. The predicted octanol–water partition coefficient (Wildman–Crippen LogP) is 2.56. The summed E-state index contributed by atoms with van der Waals surface area (Å²) in [5.74, 6) is 0.0171. The molecule has 4 heteroatoms. The van der Waals surface area contributed by atoms with E-state index in [1.54, 1.807) is 12.1 Å². The van der Waals surface area contributed by atoms with Crippen LogP contribution in [-0.2, 0) is 4.74 Å². The van der Waals surface area contributed by atoms with Gasteiger partial charge in [-0.3, -0.25) is 4.79 Å². The van der Waals surface area contributed by atoms with Gasteiger partial charge in [-0.2, -0.15) is 0 Å². The molecule has 17 heavy (non-hydrogen) atoms. The van der Waals surface area contributed by atoms with Gasteiger partial charge in [0.1, 0.15) is 0 Å². The molecule has 1 aromatic rings. The number of benzene rings is 1. The van der Waals surface area contributed by atoms with E-state index in [1.165, 1.54) is 0 Å². The number of aliphatic hydroxyl groups is 1. The van der Waals surface area contributed by atoms with Crippen LogP contribution in [0.2, 0.25) is 0 Å². The molecule has 1 aliphatic heterocycles. The van der Waals surface area contributed by atoms with Crippen molar-refractivity contribution in [2.24, 2.45) is 0 Å². The summed E-state index contributed by atoms with van der Waals surface area (Å²) in [5, 5.41) is 9.72. The summed E-state index contributed by atoms with van der Waals surface area (Å²) >= 11 is 3.33. The topological polar surface area (TPSA) is 46.5 Å². The number of ketones is 1. The SMILES string of the molecule is O=C(C[C@@H]1OCCC[C@@H]1O)c1ccc(Br)cc1. The Bertz CT molecular complexity index is 388. The lowest BCUT2D eigenvalue weighted by molar-refractivity contribution is -0.0724. The van der Waals surface area contributed by atoms with Crippen molar-refractivity contribution in [2.45, 2.75) is 31.5 Å². The van der Waals surface area contributed by atoms with Gasteiger partial charge in [0.05, 0.1) is 12.2 Å². The fourth-order valence-corrected chi connectivity index (χ4v) is 2.22. The Morgan fingerprint density at radius 1 is 1.41 bits per heavy atom. The molecule has 1 N–H and O–H groups in total. The third kappa shape index (κ3) is 3.37. The molecule has 1 heterocycles. The zero-order chi connectivity index (χ0) is 12.3. The maximum Gasteiger partial charge on any atom is 0.165 e. The average Bonchev–Trinajstić information content (AvgIpc) is 2.33. The van der Waals surface area contributed by atoms with Gasteiger partial charge in [-0.25, -0.2) is 0 Å². The minimum Gasteiger partial charge on any atom is -0.390 e. The predicted molar refractivity (Wildman–Crippen MR) is 68.1 cm³/mol. The van der Waals surface area contributed by atoms with Gasteiger partial charge in [0, 0.05) is 23.1 Å². The van der Waals surface area contributed by atoms with Gasteiger partial charge < -0.3 is 9.84 Å². The molecule has 0 radical (unpaired) electrons. The third-order valence-corrected chi connectivity index (χ3v) is 3.49. The second-order valence-corrected chi connectivity index (χ2v) is 5.17. The first-order chi connectivity index (χ1) is 8.16. The monoisotopic (exact) mass is 298 g/mol. The number of Topliss-reactive ketones (excluding diaryl/α,β-unsaturated/α-hetero) is 1. The first-order valence-corrected chi connectivity index (χ1v) is 6.54. The zero-order valence-corrected chi connectivity index (χ0v) is 11.0. The van der Waals surface area contributed by atoms with Crippen molar-refractivity contribution in [3.8, 4) is 0 Å². The second kappa shape index (κ2) is 5.76. The molecule has 2 atom stereocenters. The number of ether oxygens (including phenoxy) is 1. The summed E-state index contributed by atoms with van der Waals surface area (Å²) in [6.07, 6.45) is 0.980. The molecule has 1 fully saturated rings. The molecule has 0 aliphatic carbocycles. The van der Waals surface area contributed by atoms with E-state index < -0.39 is 6.10 Å². The number of halogens is 1. The second-order valence-electron chi connectivity index (χ2n) is 4.25. The van der Waals surface area contributed by atoms with Gasteiger partial charge in [0.15, 0.2) is 5.78 Å². The van der Waals surface area contributed by atoms with Crippen molar-refractivity contribution in [1.29, 1.82) is 0 Å². The van der Waals surface area contributed by atoms with E-state index in [4.69, 9.17) is 4.74 Å². The quantitative estimate of drug-likeness (QED) is 0.873. The van der Waals surface area contributed by atoms with Gasteiger partial charge in [-0.1, -0.05) is 28.1 Å². The van der Waals surface area contributed by atoms with Gasteiger partial charge in [-0.15, -0.1) is 0 Å². The van der Waals surface area contributed by atoms with Crippen molar-refractivity contribution in [1.82, 2.24) is 0 Å². The van der Waals surface area contributed by atoms with Crippen LogP contribution in [0, 0.1) is 0 Å². The summed E-state index contributed by atoms with van der Waals surface area (Å²) in [6.45, 7) is 0.634. The number of carbonyl (C=O) groups is 1. The van der Waals surface area contributed by atoms with Crippen LogP contribution >= 0.6 is 15.9 Å². The molecule has 0 aromatic heterocycles. The maximum atomic E-state index is 12.0. The van der Waals surface area contributed by atoms with Crippen LogP contribution < -0.4 is 0 Å². The van der Waals surface area contributed by atoms with E-state index in [9.17, 15) is 9.90 Å². The molecular weight excluding hydrogens is 284 g/mol. The lowest BCUT2D eigenvalue weighted by Gasteiger charge is -2.27. The standard InChI is InChI=1S/C13H15BrO3/c14-10-5-3-9(4-6-10)12(16)8-13-11(15)2-1-7-17-13/h3-6,11,13,15H,1-2,7-8H2/t11-,13-/m0/s1. The molecule has 92 valence electrons. The normalized spacial score (nSPS) is 24.6. The fourth-order valence-electron chi connectivity index (χ4n) is 1.96. The number of carbonyl (C=O) groups excluding carboxylic acids is 1. The Morgan fingerprint density at radius 3 is 2.76 bits per heavy atom. The lowest BCUT2D eigenvalue weighted by Crippen LogP contribution is -2.35. The highest BCUT2D eigenvalue weighted by Crippen LogP contribution is 2.19. The van der Waals surface area contributed by atoms with Crippen LogP contribution in [0.25, 0.3) is 0 Å². The Hall–Kier alpha value is -0.710. The summed E-state index contributed by atoms with van der Waals surface area (Å²) in [5.41, 5.74) is 0.662. The molecule has 0 unspecified atom stereocenters. The molecule has 2 rings (SSSR count). The van der Waals surface area contributed by atoms with Crippen molar-refractivity contribution in [3.63, 3.8) is 0 Å². The maximum absolute atomic E-state index is 12.0. The van der Waals surface area contributed by atoms with Crippen LogP contribution in [0.5, 0.6) is 0 Å². The molecular formula is C13H15BrO3. The van der Waals surface area contributed by atoms with Gasteiger partial charge >= 0.3 is 0 Å². The van der Waals surface area contributed by atoms with Crippen molar-refractivity contribution in [2.75, 3.05) is 6.61 Å². The Kier molecular flexibility index (Phi) is 4.31. The molecule has 0 bridgehead atoms. The van der Waals surface area contributed by atoms with Gasteiger partial charge in [-0.05, 0) is 25.0 Å². The summed E-state index contributed by atoms with van der Waals surface area (Å²) in [7, 11) is 0. The highest BCUT2D eigenvalue weighted by Gasteiger charge is 2.26. The van der Waals surface area contributed by atoms with Crippen molar-refractivity contribution < 1.29 is 14.6 Å². The molecule has 3 nitrogen and oxygen atoms in total. The third-order valence-electron chi connectivity index (χ3n) is 2.96. The molecule has 1 saturated heterocycles. The van der Waals surface area contributed by atoms with E-state index in [1.807, 2.05) is 12.1 Å². The lowest BCUT2D eigenvalue weighted by atomic mass is 9.98. The van der Waals surface area contributed by atoms with E-state index in [2.05, 4.69) is 15.9 Å². The van der Waals surface area contributed by atoms with Gasteiger partial charge in [0.2, 0.25) is 0 Å². The van der Waals surface area contributed by atoms with Crippen LogP contribution in [-0.4, -0.2) is 29.7 Å². The minimum atomic E-state index is -0.511. The Labute approximate surface area is 109 Å². The highest BCUT2D eigenvalue weighted by atomic mass is 79.9. The molecule has 0 spiro atoms. The van der Waals surface area contributed by atoms with Crippen LogP contribution in [0.3, 0.4) is 0 Å². The van der Waals surface area contributed by atoms with Crippen LogP contribution in [0.15, 0.2) is 28.7 Å². The summed E-state index contributed by atoms with van der Waals surface area (Å²) in [6, 6.07) is 7.24. The van der Waals surface area contributed by atoms with E-state index in [0.29, 0.717) is 12.2 Å².